The van der Waals surface area contributed by atoms with E-state index in [1.807, 2.05) is 18.2 Å². The Labute approximate surface area is 169 Å². The summed E-state index contributed by atoms with van der Waals surface area (Å²) in [4.78, 5) is 6.20. The molecule has 3 unspecified atom stereocenters. The minimum Gasteiger partial charge on any atom is -0.439 e. The van der Waals surface area contributed by atoms with Gasteiger partial charge in [-0.05, 0) is 49.9 Å². The highest BCUT2D eigenvalue weighted by molar-refractivity contribution is 5.32. The Balaban J connectivity index is 1.57. The first-order chi connectivity index (χ1) is 13.7. The summed E-state index contributed by atoms with van der Waals surface area (Å²) in [7, 11) is 0. The summed E-state index contributed by atoms with van der Waals surface area (Å²) >= 11 is 0. The first kappa shape index (κ1) is 21.6. The monoisotopic (exact) mass is 408 g/mol. The third-order valence-corrected chi connectivity index (χ3v) is 4.83. The Hall–Kier alpha value is -2.12. The molecule has 0 saturated carbocycles. The maximum absolute atomic E-state index is 12.6. The summed E-state index contributed by atoms with van der Waals surface area (Å²) in [5.74, 6) is 1.15. The highest BCUT2D eigenvalue weighted by Gasteiger charge is 2.30. The SMILES string of the molecule is CC(Cc1cccc(Oc2ccc(C(F)(F)F)cn2)c1)CN1CC(C)OC(C)C1. The molecule has 1 aromatic heterocycles. The predicted molar refractivity (Wildman–Crippen MR) is 105 cm³/mol. The number of morpholine rings is 1. The second-order valence-corrected chi connectivity index (χ2v) is 7.92. The molecular weight excluding hydrogens is 381 g/mol. The van der Waals surface area contributed by atoms with Gasteiger partial charge in [0.05, 0.1) is 17.8 Å². The van der Waals surface area contributed by atoms with Gasteiger partial charge in [-0.2, -0.15) is 13.2 Å². The van der Waals surface area contributed by atoms with E-state index in [1.54, 1.807) is 6.07 Å². The van der Waals surface area contributed by atoms with Gasteiger partial charge in [0.25, 0.3) is 0 Å². The molecule has 158 valence electrons. The Bertz CT molecular complexity index is 785. The van der Waals surface area contributed by atoms with Crippen LogP contribution in [0.15, 0.2) is 42.6 Å². The average molecular weight is 408 g/mol. The first-order valence-corrected chi connectivity index (χ1v) is 9.87. The van der Waals surface area contributed by atoms with Gasteiger partial charge in [0.2, 0.25) is 5.88 Å². The zero-order chi connectivity index (χ0) is 21.0. The molecule has 1 aromatic carbocycles. The van der Waals surface area contributed by atoms with Gasteiger partial charge in [-0.1, -0.05) is 19.1 Å². The third kappa shape index (κ3) is 6.44. The first-order valence-electron chi connectivity index (χ1n) is 9.87. The van der Waals surface area contributed by atoms with Crippen LogP contribution < -0.4 is 4.74 Å². The van der Waals surface area contributed by atoms with Crippen molar-refractivity contribution >= 4 is 0 Å². The summed E-state index contributed by atoms with van der Waals surface area (Å²) < 4.78 is 49.4. The Morgan fingerprint density at radius 3 is 2.52 bits per heavy atom. The predicted octanol–water partition coefficient (Wildman–Crippen LogP) is 5.18. The lowest BCUT2D eigenvalue weighted by Gasteiger charge is -2.36. The minimum absolute atomic E-state index is 0.138. The number of rotatable bonds is 6. The van der Waals surface area contributed by atoms with Gasteiger partial charge in [0, 0.05) is 31.9 Å². The summed E-state index contributed by atoms with van der Waals surface area (Å²) in [6, 6.07) is 9.82. The van der Waals surface area contributed by atoms with Crippen LogP contribution >= 0.6 is 0 Å². The van der Waals surface area contributed by atoms with Crippen molar-refractivity contribution in [2.45, 2.75) is 45.6 Å². The maximum atomic E-state index is 12.6. The van der Waals surface area contributed by atoms with E-state index in [1.165, 1.54) is 6.07 Å². The lowest BCUT2D eigenvalue weighted by atomic mass is 10.00. The molecule has 3 atom stereocenters. The fourth-order valence-electron chi connectivity index (χ4n) is 3.81. The van der Waals surface area contributed by atoms with Gasteiger partial charge >= 0.3 is 6.18 Å². The van der Waals surface area contributed by atoms with Crippen LogP contribution in [-0.2, 0) is 17.3 Å². The molecule has 1 aliphatic rings. The molecule has 1 aliphatic heterocycles. The van der Waals surface area contributed by atoms with E-state index in [0.29, 0.717) is 11.7 Å². The van der Waals surface area contributed by atoms with Gasteiger partial charge in [-0.25, -0.2) is 4.98 Å². The van der Waals surface area contributed by atoms with Gasteiger partial charge in [-0.3, -0.25) is 4.90 Å². The van der Waals surface area contributed by atoms with E-state index < -0.39 is 11.7 Å². The molecule has 0 amide bonds. The van der Waals surface area contributed by atoms with E-state index in [4.69, 9.17) is 9.47 Å². The lowest BCUT2D eigenvalue weighted by molar-refractivity contribution is -0.137. The van der Waals surface area contributed by atoms with Gasteiger partial charge in [-0.15, -0.1) is 0 Å². The van der Waals surface area contributed by atoms with Crippen molar-refractivity contribution in [3.63, 3.8) is 0 Å². The fraction of sp³-hybridized carbons (Fsp3) is 0.500. The molecule has 2 aromatic rings. The number of hydrogen-bond donors (Lipinski definition) is 0. The number of ether oxygens (including phenoxy) is 2. The standard InChI is InChI=1S/C22H27F3N2O2/c1-15(12-27-13-16(2)28-17(3)14-27)9-18-5-4-6-20(10-18)29-21-8-7-19(11-26-21)22(23,24)25/h4-8,10-11,15-17H,9,12-14H2,1-3H3. The minimum atomic E-state index is -4.41. The van der Waals surface area contributed by atoms with Gasteiger partial charge in [0.15, 0.2) is 0 Å². The molecule has 29 heavy (non-hydrogen) atoms. The molecule has 0 spiro atoms. The smallest absolute Gasteiger partial charge is 0.417 e. The third-order valence-electron chi connectivity index (χ3n) is 4.83. The lowest BCUT2D eigenvalue weighted by Crippen LogP contribution is -2.47. The number of pyridine rings is 1. The van der Waals surface area contributed by atoms with E-state index in [9.17, 15) is 13.2 Å². The normalized spacial score (nSPS) is 21.7. The van der Waals surface area contributed by atoms with Gasteiger partial charge in [0.1, 0.15) is 5.75 Å². The highest BCUT2D eigenvalue weighted by Crippen LogP contribution is 2.30. The highest BCUT2D eigenvalue weighted by atomic mass is 19.4. The summed E-state index contributed by atoms with van der Waals surface area (Å²) in [6.07, 6.45) is -2.24. The van der Waals surface area contributed by atoms with Crippen molar-refractivity contribution < 1.29 is 22.6 Å². The van der Waals surface area contributed by atoms with Crippen molar-refractivity contribution in [3.8, 4) is 11.6 Å². The van der Waals surface area contributed by atoms with Gasteiger partial charge < -0.3 is 9.47 Å². The number of benzene rings is 1. The second kappa shape index (κ2) is 9.13. The van der Waals surface area contributed by atoms with Crippen molar-refractivity contribution in [2.75, 3.05) is 19.6 Å². The van der Waals surface area contributed by atoms with Crippen LogP contribution in [-0.4, -0.2) is 41.7 Å². The van der Waals surface area contributed by atoms with Crippen LogP contribution in [0.3, 0.4) is 0 Å². The molecule has 2 heterocycles. The van der Waals surface area contributed by atoms with Crippen LogP contribution in [0, 0.1) is 5.92 Å². The Morgan fingerprint density at radius 2 is 1.90 bits per heavy atom. The van der Waals surface area contributed by atoms with Crippen molar-refractivity contribution in [1.29, 1.82) is 0 Å². The van der Waals surface area contributed by atoms with E-state index in [0.717, 1.165) is 43.9 Å². The largest absolute Gasteiger partial charge is 0.439 e. The zero-order valence-corrected chi connectivity index (χ0v) is 16.9. The van der Waals surface area contributed by atoms with Crippen LogP contribution in [0.25, 0.3) is 0 Å². The molecule has 3 rings (SSSR count). The van der Waals surface area contributed by atoms with Crippen LogP contribution in [0.1, 0.15) is 31.9 Å². The van der Waals surface area contributed by atoms with E-state index in [2.05, 4.69) is 30.7 Å². The fourth-order valence-corrected chi connectivity index (χ4v) is 3.81. The molecule has 4 nitrogen and oxygen atoms in total. The zero-order valence-electron chi connectivity index (χ0n) is 16.9. The van der Waals surface area contributed by atoms with Crippen molar-refractivity contribution in [2.24, 2.45) is 5.92 Å². The molecule has 7 heteroatoms. The van der Waals surface area contributed by atoms with Crippen LogP contribution in [0.5, 0.6) is 11.6 Å². The summed E-state index contributed by atoms with van der Waals surface area (Å²) in [6.45, 7) is 9.29. The van der Waals surface area contributed by atoms with Crippen molar-refractivity contribution in [3.05, 3.63) is 53.7 Å². The molecule has 0 N–H and O–H groups in total. The average Bonchev–Trinajstić information content (AvgIpc) is 2.60. The maximum Gasteiger partial charge on any atom is 0.417 e. The number of hydrogen-bond acceptors (Lipinski definition) is 4. The molecule has 0 aliphatic carbocycles. The molecule has 1 fully saturated rings. The molecule has 1 saturated heterocycles. The molecule has 0 bridgehead atoms. The quantitative estimate of drug-likeness (QED) is 0.660. The second-order valence-electron chi connectivity index (χ2n) is 7.92. The Morgan fingerprint density at radius 1 is 1.17 bits per heavy atom. The Kier molecular flexibility index (Phi) is 6.80. The number of aromatic nitrogens is 1. The van der Waals surface area contributed by atoms with E-state index in [-0.39, 0.29) is 18.1 Å². The van der Waals surface area contributed by atoms with Crippen LogP contribution in [0.2, 0.25) is 0 Å². The number of alkyl halides is 3. The van der Waals surface area contributed by atoms with E-state index >= 15 is 0 Å². The number of nitrogens with zero attached hydrogens (tertiary/aromatic N) is 2. The van der Waals surface area contributed by atoms with Crippen molar-refractivity contribution in [1.82, 2.24) is 9.88 Å². The summed E-state index contributed by atoms with van der Waals surface area (Å²) in [5.41, 5.74) is 0.329. The molecule has 0 radical (unpaired) electrons. The summed E-state index contributed by atoms with van der Waals surface area (Å²) in [5, 5.41) is 0. The van der Waals surface area contributed by atoms with Crippen LogP contribution in [0.4, 0.5) is 13.2 Å². The number of halogens is 3. The topological polar surface area (TPSA) is 34.6 Å². The molecular formula is C22H27F3N2O2.